The van der Waals surface area contributed by atoms with Crippen LogP contribution < -0.4 is 5.32 Å². The van der Waals surface area contributed by atoms with E-state index in [0.717, 1.165) is 5.69 Å². The zero-order valence-electron chi connectivity index (χ0n) is 8.57. The van der Waals surface area contributed by atoms with Gasteiger partial charge in [-0.05, 0) is 18.2 Å². The molecule has 2 rings (SSSR count). The Balaban J connectivity index is 1.92. The number of rotatable bonds is 4. The van der Waals surface area contributed by atoms with Crippen molar-refractivity contribution in [2.45, 2.75) is 13.1 Å². The van der Waals surface area contributed by atoms with E-state index in [2.05, 4.69) is 15.3 Å². The van der Waals surface area contributed by atoms with E-state index in [1.54, 1.807) is 12.5 Å². The van der Waals surface area contributed by atoms with Crippen LogP contribution in [-0.2, 0) is 13.1 Å². The maximum absolute atomic E-state index is 12.9. The molecule has 0 spiro atoms. The quantitative estimate of drug-likeness (QED) is 0.734. The third kappa shape index (κ3) is 2.58. The maximum Gasteiger partial charge on any atom is 0.123 e. The number of halogens is 1. The second-order valence-electron chi connectivity index (χ2n) is 3.45. The van der Waals surface area contributed by atoms with Gasteiger partial charge in [0.05, 0.1) is 6.33 Å². The summed E-state index contributed by atoms with van der Waals surface area (Å²) in [5.41, 5.74) is 1.48. The number of hydrogen-bond donors (Lipinski definition) is 3. The maximum atomic E-state index is 12.9. The molecule has 1 heterocycles. The number of hydrogen-bond acceptors (Lipinski definition) is 3. The average Bonchev–Trinajstić information content (AvgIpc) is 2.76. The van der Waals surface area contributed by atoms with Gasteiger partial charge in [0, 0.05) is 30.5 Å². The molecule has 0 amide bonds. The van der Waals surface area contributed by atoms with Crippen molar-refractivity contribution in [3.8, 4) is 5.75 Å². The van der Waals surface area contributed by atoms with Crippen LogP contribution in [0.5, 0.6) is 5.75 Å². The number of H-pyrrole nitrogens is 1. The van der Waals surface area contributed by atoms with Crippen molar-refractivity contribution in [1.29, 1.82) is 0 Å². The number of nitrogens with one attached hydrogen (secondary N) is 2. The first kappa shape index (κ1) is 10.6. The molecular weight excluding hydrogens is 209 g/mol. The van der Waals surface area contributed by atoms with Crippen LogP contribution in [0.3, 0.4) is 0 Å². The zero-order valence-corrected chi connectivity index (χ0v) is 8.57. The topological polar surface area (TPSA) is 60.9 Å². The fourth-order valence-corrected chi connectivity index (χ4v) is 1.41. The van der Waals surface area contributed by atoms with Gasteiger partial charge in [-0.1, -0.05) is 0 Å². The number of nitrogens with zero attached hydrogens (tertiary/aromatic N) is 1. The molecule has 3 N–H and O–H groups in total. The standard InChI is InChI=1S/C11H12FN3O/c12-9-1-2-11(16)8(3-9)4-13-5-10-6-14-7-15-10/h1-3,6-7,13,16H,4-5H2,(H,14,15). The second-order valence-corrected chi connectivity index (χ2v) is 3.45. The van der Waals surface area contributed by atoms with Crippen LogP contribution in [0.15, 0.2) is 30.7 Å². The summed E-state index contributed by atoms with van der Waals surface area (Å²) in [5.74, 6) is -0.255. The lowest BCUT2D eigenvalue weighted by molar-refractivity contribution is 0.461. The molecule has 0 aliphatic rings. The van der Waals surface area contributed by atoms with Crippen molar-refractivity contribution < 1.29 is 9.50 Å². The minimum Gasteiger partial charge on any atom is -0.508 e. The molecule has 16 heavy (non-hydrogen) atoms. The van der Waals surface area contributed by atoms with Crippen molar-refractivity contribution >= 4 is 0 Å². The van der Waals surface area contributed by atoms with Gasteiger partial charge in [0.1, 0.15) is 11.6 Å². The summed E-state index contributed by atoms with van der Waals surface area (Å²) in [5, 5.41) is 12.5. The van der Waals surface area contributed by atoms with Gasteiger partial charge in [-0.15, -0.1) is 0 Å². The number of aromatic amines is 1. The minimum atomic E-state index is -0.351. The van der Waals surface area contributed by atoms with E-state index >= 15 is 0 Å². The molecule has 0 saturated heterocycles. The van der Waals surface area contributed by atoms with Crippen LogP contribution in [-0.4, -0.2) is 15.1 Å². The molecule has 0 saturated carbocycles. The van der Waals surface area contributed by atoms with Crippen molar-refractivity contribution in [3.05, 3.63) is 47.8 Å². The molecule has 5 heteroatoms. The van der Waals surface area contributed by atoms with Crippen molar-refractivity contribution in [2.75, 3.05) is 0 Å². The first-order valence-electron chi connectivity index (χ1n) is 4.91. The molecule has 0 bridgehead atoms. The largest absolute Gasteiger partial charge is 0.508 e. The molecule has 1 aromatic carbocycles. The highest BCUT2D eigenvalue weighted by atomic mass is 19.1. The highest BCUT2D eigenvalue weighted by Gasteiger charge is 2.02. The lowest BCUT2D eigenvalue weighted by atomic mass is 10.2. The van der Waals surface area contributed by atoms with E-state index in [0.29, 0.717) is 18.7 Å². The van der Waals surface area contributed by atoms with Crippen LogP contribution in [0, 0.1) is 5.82 Å². The first-order chi connectivity index (χ1) is 7.75. The van der Waals surface area contributed by atoms with E-state index in [-0.39, 0.29) is 11.6 Å². The van der Waals surface area contributed by atoms with Gasteiger partial charge in [-0.25, -0.2) is 9.37 Å². The number of benzene rings is 1. The normalized spacial score (nSPS) is 10.6. The zero-order chi connectivity index (χ0) is 11.4. The summed E-state index contributed by atoms with van der Waals surface area (Å²) in [6.45, 7) is 0.999. The lowest BCUT2D eigenvalue weighted by Crippen LogP contribution is -2.13. The average molecular weight is 221 g/mol. The third-order valence-electron chi connectivity index (χ3n) is 2.23. The first-order valence-corrected chi connectivity index (χ1v) is 4.91. The van der Waals surface area contributed by atoms with Crippen LogP contribution in [0.4, 0.5) is 4.39 Å². The van der Waals surface area contributed by atoms with Crippen LogP contribution in [0.2, 0.25) is 0 Å². The number of phenols is 1. The lowest BCUT2D eigenvalue weighted by Gasteiger charge is -2.05. The summed E-state index contributed by atoms with van der Waals surface area (Å²) < 4.78 is 12.9. The summed E-state index contributed by atoms with van der Waals surface area (Å²) in [7, 11) is 0. The number of phenolic OH excluding ortho intramolecular Hbond substituents is 1. The van der Waals surface area contributed by atoms with Crippen molar-refractivity contribution in [3.63, 3.8) is 0 Å². The molecule has 0 aliphatic carbocycles. The van der Waals surface area contributed by atoms with Crippen LogP contribution >= 0.6 is 0 Å². The van der Waals surface area contributed by atoms with Crippen LogP contribution in [0.25, 0.3) is 0 Å². The van der Waals surface area contributed by atoms with E-state index in [4.69, 9.17) is 0 Å². The predicted molar refractivity (Wildman–Crippen MR) is 57.2 cm³/mol. The molecule has 0 fully saturated rings. The Morgan fingerprint density at radius 1 is 1.38 bits per heavy atom. The Morgan fingerprint density at radius 3 is 3.00 bits per heavy atom. The van der Waals surface area contributed by atoms with Crippen molar-refractivity contribution in [2.24, 2.45) is 0 Å². The van der Waals surface area contributed by atoms with Gasteiger partial charge in [-0.2, -0.15) is 0 Å². The molecular formula is C11H12FN3O. The monoisotopic (exact) mass is 221 g/mol. The van der Waals surface area contributed by atoms with E-state index < -0.39 is 0 Å². The highest BCUT2D eigenvalue weighted by molar-refractivity contribution is 5.32. The smallest absolute Gasteiger partial charge is 0.123 e. The number of aromatic hydroxyl groups is 1. The van der Waals surface area contributed by atoms with Gasteiger partial charge >= 0.3 is 0 Å². The molecule has 0 aliphatic heterocycles. The highest BCUT2D eigenvalue weighted by Crippen LogP contribution is 2.17. The molecule has 4 nitrogen and oxygen atoms in total. The van der Waals surface area contributed by atoms with Gasteiger partial charge in [0.25, 0.3) is 0 Å². The summed E-state index contributed by atoms with van der Waals surface area (Å²) >= 11 is 0. The Hall–Kier alpha value is -1.88. The summed E-state index contributed by atoms with van der Waals surface area (Å²) in [6.07, 6.45) is 3.30. The Morgan fingerprint density at radius 2 is 2.25 bits per heavy atom. The van der Waals surface area contributed by atoms with E-state index in [1.807, 2.05) is 0 Å². The summed E-state index contributed by atoms with van der Waals surface area (Å²) in [4.78, 5) is 6.81. The molecule has 0 unspecified atom stereocenters. The number of aromatic nitrogens is 2. The molecule has 84 valence electrons. The molecule has 0 radical (unpaired) electrons. The Bertz CT molecular complexity index is 456. The SMILES string of the molecule is Oc1ccc(F)cc1CNCc1cnc[nH]1. The van der Waals surface area contributed by atoms with Gasteiger partial charge < -0.3 is 15.4 Å². The molecule has 0 atom stereocenters. The Kier molecular flexibility index (Phi) is 3.16. The fraction of sp³-hybridized carbons (Fsp3) is 0.182. The van der Waals surface area contributed by atoms with E-state index in [9.17, 15) is 9.50 Å². The van der Waals surface area contributed by atoms with Crippen LogP contribution in [0.1, 0.15) is 11.3 Å². The molecule has 1 aromatic heterocycles. The van der Waals surface area contributed by atoms with Gasteiger partial charge in [-0.3, -0.25) is 0 Å². The Labute approximate surface area is 92.2 Å². The van der Waals surface area contributed by atoms with E-state index in [1.165, 1.54) is 18.2 Å². The second kappa shape index (κ2) is 4.76. The van der Waals surface area contributed by atoms with Gasteiger partial charge in [0.2, 0.25) is 0 Å². The fourth-order valence-electron chi connectivity index (χ4n) is 1.41. The molecule has 2 aromatic rings. The van der Waals surface area contributed by atoms with Gasteiger partial charge in [0.15, 0.2) is 0 Å². The minimum absolute atomic E-state index is 0.0958. The third-order valence-corrected chi connectivity index (χ3v) is 2.23. The predicted octanol–water partition coefficient (Wildman–Crippen LogP) is 1.54. The summed E-state index contributed by atoms with van der Waals surface area (Å²) in [6, 6.07) is 3.89. The van der Waals surface area contributed by atoms with Crippen molar-refractivity contribution in [1.82, 2.24) is 15.3 Å². The number of imidazole rings is 1.